The average molecular weight is 286 g/mol. The number of benzene rings is 1. The third kappa shape index (κ3) is 3.02. The summed E-state index contributed by atoms with van der Waals surface area (Å²) in [6.45, 7) is 5.76. The van der Waals surface area contributed by atoms with E-state index in [1.54, 1.807) is 0 Å². The molecule has 2 unspecified atom stereocenters. The third-order valence-electron chi connectivity index (χ3n) is 6.13. The monoisotopic (exact) mass is 286 g/mol. The van der Waals surface area contributed by atoms with Crippen LogP contribution < -0.4 is 5.73 Å². The SMILES string of the molecule is CC1CCCC1(CN)N1CCC(Cc2ccccc2)CC1. The molecule has 1 heterocycles. The molecule has 2 atom stereocenters. The fourth-order valence-corrected chi connectivity index (χ4v) is 4.66. The van der Waals surface area contributed by atoms with E-state index in [2.05, 4.69) is 42.2 Å². The highest BCUT2D eigenvalue weighted by Gasteiger charge is 2.44. The Kier molecular flexibility index (Phi) is 4.66. The van der Waals surface area contributed by atoms with Crippen LogP contribution in [0, 0.1) is 11.8 Å². The first-order chi connectivity index (χ1) is 10.2. The lowest BCUT2D eigenvalue weighted by Gasteiger charge is -2.47. The van der Waals surface area contributed by atoms with Crippen molar-refractivity contribution in [1.29, 1.82) is 0 Å². The van der Waals surface area contributed by atoms with Gasteiger partial charge in [0.05, 0.1) is 0 Å². The lowest BCUT2D eigenvalue weighted by atomic mass is 9.82. The molecule has 1 aromatic carbocycles. The van der Waals surface area contributed by atoms with Crippen molar-refractivity contribution in [3.05, 3.63) is 35.9 Å². The molecule has 2 N–H and O–H groups in total. The van der Waals surface area contributed by atoms with Crippen LogP contribution in [0.3, 0.4) is 0 Å². The molecule has 0 spiro atoms. The van der Waals surface area contributed by atoms with Crippen molar-refractivity contribution in [2.45, 2.75) is 51.0 Å². The Bertz CT molecular complexity index is 436. The molecule has 2 nitrogen and oxygen atoms in total. The Labute approximate surface area is 129 Å². The van der Waals surface area contributed by atoms with E-state index in [0.29, 0.717) is 5.54 Å². The highest BCUT2D eigenvalue weighted by Crippen LogP contribution is 2.41. The van der Waals surface area contributed by atoms with E-state index in [9.17, 15) is 0 Å². The summed E-state index contributed by atoms with van der Waals surface area (Å²) in [5.41, 5.74) is 8.02. The van der Waals surface area contributed by atoms with E-state index in [-0.39, 0.29) is 0 Å². The Morgan fingerprint density at radius 3 is 2.43 bits per heavy atom. The van der Waals surface area contributed by atoms with Gasteiger partial charge in [-0.05, 0) is 62.6 Å². The second-order valence-corrected chi connectivity index (χ2v) is 7.22. The zero-order chi connectivity index (χ0) is 14.7. The summed E-state index contributed by atoms with van der Waals surface area (Å²) in [6.07, 6.45) is 7.96. The topological polar surface area (TPSA) is 29.3 Å². The summed E-state index contributed by atoms with van der Waals surface area (Å²) in [5, 5.41) is 0. The van der Waals surface area contributed by atoms with Gasteiger partial charge in [-0.2, -0.15) is 0 Å². The van der Waals surface area contributed by atoms with Crippen molar-refractivity contribution < 1.29 is 0 Å². The van der Waals surface area contributed by atoms with Crippen LogP contribution in [0.2, 0.25) is 0 Å². The van der Waals surface area contributed by atoms with Gasteiger partial charge in [0.1, 0.15) is 0 Å². The molecule has 21 heavy (non-hydrogen) atoms. The highest BCUT2D eigenvalue weighted by atomic mass is 15.2. The van der Waals surface area contributed by atoms with Crippen LogP contribution in [0.1, 0.15) is 44.6 Å². The van der Waals surface area contributed by atoms with Gasteiger partial charge in [0.15, 0.2) is 0 Å². The van der Waals surface area contributed by atoms with Crippen molar-refractivity contribution >= 4 is 0 Å². The second kappa shape index (κ2) is 6.50. The van der Waals surface area contributed by atoms with Gasteiger partial charge in [-0.1, -0.05) is 43.7 Å². The Morgan fingerprint density at radius 2 is 1.86 bits per heavy atom. The quantitative estimate of drug-likeness (QED) is 0.918. The van der Waals surface area contributed by atoms with Gasteiger partial charge in [0.25, 0.3) is 0 Å². The van der Waals surface area contributed by atoms with E-state index >= 15 is 0 Å². The highest BCUT2D eigenvalue weighted by molar-refractivity contribution is 5.15. The zero-order valence-corrected chi connectivity index (χ0v) is 13.4. The summed E-state index contributed by atoms with van der Waals surface area (Å²) in [7, 11) is 0. The standard InChI is InChI=1S/C19H30N2/c1-16-6-5-11-19(16,15-20)21-12-9-18(10-13-21)14-17-7-3-2-4-8-17/h2-4,7-8,16,18H,5-6,9-15,20H2,1H3. The first kappa shape index (κ1) is 15.1. The molecule has 0 aromatic heterocycles. The number of nitrogens with two attached hydrogens (primary N) is 1. The first-order valence-corrected chi connectivity index (χ1v) is 8.73. The smallest absolute Gasteiger partial charge is 0.0357 e. The number of rotatable bonds is 4. The molecule has 1 saturated carbocycles. The van der Waals surface area contributed by atoms with Gasteiger partial charge < -0.3 is 5.73 Å². The van der Waals surface area contributed by atoms with Gasteiger partial charge in [0.2, 0.25) is 0 Å². The van der Waals surface area contributed by atoms with Gasteiger partial charge in [0, 0.05) is 12.1 Å². The number of hydrogen-bond acceptors (Lipinski definition) is 2. The van der Waals surface area contributed by atoms with Crippen molar-refractivity contribution in [2.75, 3.05) is 19.6 Å². The number of likely N-dealkylation sites (tertiary alicyclic amines) is 1. The predicted molar refractivity (Wildman–Crippen MR) is 89.2 cm³/mol. The molecule has 3 rings (SSSR count). The molecule has 0 amide bonds. The molecular weight excluding hydrogens is 256 g/mol. The Morgan fingerprint density at radius 1 is 1.14 bits per heavy atom. The molecule has 2 fully saturated rings. The molecular formula is C19H30N2. The summed E-state index contributed by atoms with van der Waals surface area (Å²) >= 11 is 0. The van der Waals surface area contributed by atoms with Gasteiger partial charge in [-0.15, -0.1) is 0 Å². The van der Waals surface area contributed by atoms with E-state index in [1.807, 2.05) is 0 Å². The number of nitrogens with zero attached hydrogens (tertiary/aromatic N) is 1. The maximum absolute atomic E-state index is 6.21. The van der Waals surface area contributed by atoms with Crippen LogP contribution in [0.5, 0.6) is 0 Å². The predicted octanol–water partition coefficient (Wildman–Crippen LogP) is 3.46. The second-order valence-electron chi connectivity index (χ2n) is 7.22. The number of hydrogen-bond donors (Lipinski definition) is 1. The van der Waals surface area contributed by atoms with Crippen LogP contribution in [0.25, 0.3) is 0 Å². The van der Waals surface area contributed by atoms with Gasteiger partial charge in [-0.3, -0.25) is 4.90 Å². The average Bonchev–Trinajstić information content (AvgIpc) is 2.91. The lowest BCUT2D eigenvalue weighted by Crippen LogP contribution is -2.58. The van der Waals surface area contributed by atoms with Gasteiger partial charge in [-0.25, -0.2) is 0 Å². The van der Waals surface area contributed by atoms with Crippen LogP contribution in [-0.4, -0.2) is 30.1 Å². The molecule has 0 bridgehead atoms. The van der Waals surface area contributed by atoms with Crippen LogP contribution >= 0.6 is 0 Å². The minimum Gasteiger partial charge on any atom is -0.329 e. The van der Waals surface area contributed by atoms with Crippen LogP contribution in [0.15, 0.2) is 30.3 Å². The normalized spacial score (nSPS) is 31.6. The largest absolute Gasteiger partial charge is 0.329 e. The summed E-state index contributed by atoms with van der Waals surface area (Å²) < 4.78 is 0. The molecule has 0 radical (unpaired) electrons. The molecule has 1 saturated heterocycles. The summed E-state index contributed by atoms with van der Waals surface area (Å²) in [6, 6.07) is 11.0. The Balaban J connectivity index is 1.57. The number of piperidine rings is 1. The van der Waals surface area contributed by atoms with Crippen molar-refractivity contribution in [3.8, 4) is 0 Å². The summed E-state index contributed by atoms with van der Waals surface area (Å²) in [4.78, 5) is 2.74. The van der Waals surface area contributed by atoms with Gasteiger partial charge >= 0.3 is 0 Å². The molecule has 2 aliphatic rings. The molecule has 1 aliphatic heterocycles. The van der Waals surface area contributed by atoms with E-state index < -0.39 is 0 Å². The van der Waals surface area contributed by atoms with E-state index in [1.165, 1.54) is 57.2 Å². The third-order valence-corrected chi connectivity index (χ3v) is 6.13. The van der Waals surface area contributed by atoms with Crippen LogP contribution in [0.4, 0.5) is 0 Å². The lowest BCUT2D eigenvalue weighted by molar-refractivity contribution is 0.0313. The van der Waals surface area contributed by atoms with Crippen molar-refractivity contribution in [1.82, 2.24) is 4.90 Å². The maximum Gasteiger partial charge on any atom is 0.0357 e. The van der Waals surface area contributed by atoms with Crippen molar-refractivity contribution in [2.24, 2.45) is 17.6 Å². The maximum atomic E-state index is 6.21. The van der Waals surface area contributed by atoms with E-state index in [4.69, 9.17) is 5.73 Å². The molecule has 116 valence electrons. The molecule has 2 heteroatoms. The van der Waals surface area contributed by atoms with E-state index in [0.717, 1.165) is 18.4 Å². The fourth-order valence-electron chi connectivity index (χ4n) is 4.66. The van der Waals surface area contributed by atoms with Crippen LogP contribution in [-0.2, 0) is 6.42 Å². The Hall–Kier alpha value is -0.860. The molecule has 1 aliphatic carbocycles. The fraction of sp³-hybridized carbons (Fsp3) is 0.684. The zero-order valence-electron chi connectivity index (χ0n) is 13.4. The minimum absolute atomic E-state index is 0.317. The summed E-state index contributed by atoms with van der Waals surface area (Å²) in [5.74, 6) is 1.63. The van der Waals surface area contributed by atoms with Crippen molar-refractivity contribution in [3.63, 3.8) is 0 Å². The first-order valence-electron chi connectivity index (χ1n) is 8.73. The minimum atomic E-state index is 0.317. The molecule has 1 aromatic rings.